The van der Waals surface area contributed by atoms with Crippen molar-refractivity contribution in [1.29, 1.82) is 0 Å². The molecule has 1 amide bonds. The van der Waals surface area contributed by atoms with Gasteiger partial charge in [0.25, 0.3) is 5.91 Å². The van der Waals surface area contributed by atoms with E-state index in [2.05, 4.69) is 31.4 Å². The zero-order valence-corrected chi connectivity index (χ0v) is 12.2. The molecule has 4 nitrogen and oxygen atoms in total. The minimum atomic E-state index is -0.165. The molecule has 3 rings (SSSR count). The van der Waals surface area contributed by atoms with Gasteiger partial charge in [0, 0.05) is 20.1 Å². The van der Waals surface area contributed by atoms with E-state index in [9.17, 15) is 4.79 Å². The first kappa shape index (κ1) is 12.4. The summed E-state index contributed by atoms with van der Waals surface area (Å²) < 4.78 is 1.03. The van der Waals surface area contributed by atoms with E-state index >= 15 is 0 Å². The molecule has 96 valence electrons. The number of hydrogen-bond donors (Lipinski definition) is 2. The number of halogens is 1. The first-order valence-electron chi connectivity index (χ1n) is 5.68. The van der Waals surface area contributed by atoms with Gasteiger partial charge in [0.15, 0.2) is 5.69 Å². The normalized spacial score (nSPS) is 10.8. The number of hydrogen-bond acceptors (Lipinski definition) is 3. The summed E-state index contributed by atoms with van der Waals surface area (Å²) >= 11 is 4.99. The molecule has 2 aromatic heterocycles. The lowest BCUT2D eigenvalue weighted by atomic mass is 10.2. The number of nitrogens with zero attached hydrogens (tertiary/aromatic N) is 1. The van der Waals surface area contributed by atoms with Crippen molar-refractivity contribution in [3.05, 3.63) is 50.8 Å². The lowest BCUT2D eigenvalue weighted by Crippen LogP contribution is -2.22. The van der Waals surface area contributed by atoms with Gasteiger partial charge in [0.2, 0.25) is 0 Å². The molecule has 0 aliphatic rings. The number of para-hydroxylation sites is 1. The average molecular weight is 336 g/mol. The van der Waals surface area contributed by atoms with E-state index in [1.165, 1.54) is 0 Å². The van der Waals surface area contributed by atoms with Crippen LogP contribution < -0.4 is 5.32 Å². The zero-order valence-electron chi connectivity index (χ0n) is 9.81. The number of fused-ring (bicyclic) bond motifs is 1. The maximum atomic E-state index is 12.1. The Bertz CT molecular complexity index is 734. The SMILES string of the molecule is O=C(NCc1cc(Br)cs1)c1n[nH]c2ccccc12. The van der Waals surface area contributed by atoms with Crippen LogP contribution in [0.15, 0.2) is 40.2 Å². The maximum absolute atomic E-state index is 12.1. The summed E-state index contributed by atoms with van der Waals surface area (Å²) in [6.45, 7) is 0.510. The second kappa shape index (κ2) is 5.14. The van der Waals surface area contributed by atoms with Crippen molar-refractivity contribution in [2.45, 2.75) is 6.54 Å². The van der Waals surface area contributed by atoms with Gasteiger partial charge in [-0.3, -0.25) is 9.89 Å². The molecule has 19 heavy (non-hydrogen) atoms. The summed E-state index contributed by atoms with van der Waals surface area (Å²) in [5.41, 5.74) is 1.30. The molecular formula is C13H10BrN3OS. The first-order valence-corrected chi connectivity index (χ1v) is 7.35. The number of nitrogens with one attached hydrogen (secondary N) is 2. The van der Waals surface area contributed by atoms with Gasteiger partial charge in [0.1, 0.15) is 0 Å². The van der Waals surface area contributed by atoms with E-state index in [4.69, 9.17) is 0 Å². The van der Waals surface area contributed by atoms with E-state index in [-0.39, 0.29) is 5.91 Å². The Labute approximate surface area is 122 Å². The van der Waals surface area contributed by atoms with Crippen LogP contribution in [0, 0.1) is 0 Å². The molecule has 0 radical (unpaired) electrons. The Morgan fingerprint density at radius 3 is 3.05 bits per heavy atom. The van der Waals surface area contributed by atoms with E-state index in [1.807, 2.05) is 35.7 Å². The Hall–Kier alpha value is -1.66. The molecule has 2 heterocycles. The molecule has 6 heteroatoms. The highest BCUT2D eigenvalue weighted by Crippen LogP contribution is 2.20. The van der Waals surface area contributed by atoms with Crippen LogP contribution in [0.4, 0.5) is 0 Å². The quantitative estimate of drug-likeness (QED) is 0.771. The third-order valence-electron chi connectivity index (χ3n) is 2.73. The van der Waals surface area contributed by atoms with Crippen molar-refractivity contribution in [1.82, 2.24) is 15.5 Å². The van der Waals surface area contributed by atoms with E-state index < -0.39 is 0 Å². The number of amides is 1. The van der Waals surface area contributed by atoms with E-state index in [0.29, 0.717) is 12.2 Å². The van der Waals surface area contributed by atoms with Crippen molar-refractivity contribution in [3.8, 4) is 0 Å². The van der Waals surface area contributed by atoms with Gasteiger partial charge in [-0.1, -0.05) is 18.2 Å². The maximum Gasteiger partial charge on any atom is 0.272 e. The van der Waals surface area contributed by atoms with Crippen LogP contribution in [0.3, 0.4) is 0 Å². The third-order valence-corrected chi connectivity index (χ3v) is 4.43. The minimum absolute atomic E-state index is 0.165. The highest BCUT2D eigenvalue weighted by Gasteiger charge is 2.13. The number of thiophene rings is 1. The smallest absolute Gasteiger partial charge is 0.272 e. The van der Waals surface area contributed by atoms with Gasteiger partial charge in [-0.25, -0.2) is 0 Å². The molecule has 0 saturated heterocycles. The molecule has 0 atom stereocenters. The van der Waals surface area contributed by atoms with Gasteiger partial charge in [0.05, 0.1) is 12.1 Å². The molecule has 0 aliphatic carbocycles. The first-order chi connectivity index (χ1) is 9.24. The lowest BCUT2D eigenvalue weighted by Gasteiger charge is -2.01. The molecule has 0 saturated carbocycles. The van der Waals surface area contributed by atoms with Gasteiger partial charge in [-0.15, -0.1) is 11.3 Å². The molecule has 0 aliphatic heterocycles. The number of rotatable bonds is 3. The summed E-state index contributed by atoms with van der Waals surface area (Å²) in [5, 5.41) is 12.6. The van der Waals surface area contributed by atoms with Crippen LogP contribution in [0.2, 0.25) is 0 Å². The monoisotopic (exact) mass is 335 g/mol. The van der Waals surface area contributed by atoms with Crippen LogP contribution in [0.1, 0.15) is 15.4 Å². The van der Waals surface area contributed by atoms with Crippen LogP contribution in [-0.2, 0) is 6.54 Å². The highest BCUT2D eigenvalue weighted by molar-refractivity contribution is 9.10. The summed E-state index contributed by atoms with van der Waals surface area (Å²) in [7, 11) is 0. The van der Waals surface area contributed by atoms with E-state index in [0.717, 1.165) is 20.3 Å². The Morgan fingerprint density at radius 2 is 2.26 bits per heavy atom. The summed E-state index contributed by atoms with van der Waals surface area (Å²) in [5.74, 6) is -0.165. The fourth-order valence-corrected chi connectivity index (χ4v) is 3.22. The molecule has 2 N–H and O–H groups in total. The van der Waals surface area contributed by atoms with Crippen LogP contribution in [-0.4, -0.2) is 16.1 Å². The average Bonchev–Trinajstić information content (AvgIpc) is 3.02. The van der Waals surface area contributed by atoms with Crippen molar-refractivity contribution in [2.75, 3.05) is 0 Å². The fraction of sp³-hybridized carbons (Fsp3) is 0.0769. The third kappa shape index (κ3) is 2.54. The predicted molar refractivity (Wildman–Crippen MR) is 79.3 cm³/mol. The van der Waals surface area contributed by atoms with Crippen molar-refractivity contribution in [2.24, 2.45) is 0 Å². The van der Waals surface area contributed by atoms with Crippen molar-refractivity contribution >= 4 is 44.1 Å². The van der Waals surface area contributed by atoms with Gasteiger partial charge < -0.3 is 5.32 Å². The molecule has 1 aromatic carbocycles. The number of aromatic nitrogens is 2. The van der Waals surface area contributed by atoms with Crippen molar-refractivity contribution in [3.63, 3.8) is 0 Å². The summed E-state index contributed by atoms with van der Waals surface area (Å²) in [4.78, 5) is 13.2. The number of carbonyl (C=O) groups excluding carboxylic acids is 1. The van der Waals surface area contributed by atoms with Crippen LogP contribution in [0.5, 0.6) is 0 Å². The Kier molecular flexibility index (Phi) is 3.35. The van der Waals surface area contributed by atoms with Gasteiger partial charge in [-0.05, 0) is 28.1 Å². The lowest BCUT2D eigenvalue weighted by molar-refractivity contribution is 0.0948. The number of aromatic amines is 1. The van der Waals surface area contributed by atoms with Gasteiger partial charge >= 0.3 is 0 Å². The van der Waals surface area contributed by atoms with Crippen molar-refractivity contribution < 1.29 is 4.79 Å². The predicted octanol–water partition coefficient (Wildman–Crippen LogP) is 3.32. The molecular weight excluding hydrogens is 326 g/mol. The van der Waals surface area contributed by atoms with Crippen LogP contribution in [0.25, 0.3) is 10.9 Å². The second-order valence-electron chi connectivity index (χ2n) is 4.03. The number of H-pyrrole nitrogens is 1. The molecule has 0 unspecified atom stereocenters. The Balaban J connectivity index is 1.77. The summed E-state index contributed by atoms with van der Waals surface area (Å²) in [6, 6.07) is 9.58. The molecule has 0 fully saturated rings. The highest BCUT2D eigenvalue weighted by atomic mass is 79.9. The van der Waals surface area contributed by atoms with Crippen LogP contribution >= 0.6 is 27.3 Å². The largest absolute Gasteiger partial charge is 0.346 e. The topological polar surface area (TPSA) is 57.8 Å². The fourth-order valence-electron chi connectivity index (χ4n) is 1.83. The zero-order chi connectivity index (χ0) is 13.2. The second-order valence-corrected chi connectivity index (χ2v) is 5.94. The Morgan fingerprint density at radius 1 is 1.42 bits per heavy atom. The number of benzene rings is 1. The minimum Gasteiger partial charge on any atom is -0.346 e. The van der Waals surface area contributed by atoms with Gasteiger partial charge in [-0.2, -0.15) is 5.10 Å². The standard InChI is InChI=1S/C13H10BrN3OS/c14-8-5-9(19-7-8)6-15-13(18)12-10-3-1-2-4-11(10)16-17-12/h1-5,7H,6H2,(H,15,18)(H,16,17). The summed E-state index contributed by atoms with van der Waals surface area (Å²) in [6.07, 6.45) is 0. The van der Waals surface area contributed by atoms with E-state index in [1.54, 1.807) is 11.3 Å². The number of carbonyl (C=O) groups is 1. The molecule has 3 aromatic rings. The molecule has 0 spiro atoms. The molecule has 0 bridgehead atoms.